The lowest BCUT2D eigenvalue weighted by molar-refractivity contribution is -0.140. The van der Waals surface area contributed by atoms with Gasteiger partial charge in [0.25, 0.3) is 11.8 Å². The molecule has 114 valence electrons. The third-order valence-corrected chi connectivity index (χ3v) is 4.78. The van der Waals surface area contributed by atoms with Gasteiger partial charge in [0.1, 0.15) is 5.25 Å². The second-order valence-electron chi connectivity index (χ2n) is 5.42. The molecule has 3 rings (SSSR count). The topological polar surface area (TPSA) is 96.0 Å². The maximum Gasteiger partial charge on any atom is 0.265 e. The molecule has 22 heavy (non-hydrogen) atoms. The van der Waals surface area contributed by atoms with E-state index in [1.54, 1.807) is 31.2 Å². The minimum absolute atomic E-state index is 0.0621. The molecule has 0 aliphatic carbocycles. The maximum absolute atomic E-state index is 12.8. The lowest BCUT2D eigenvalue weighted by atomic mass is 9.91. The largest absolute Gasteiger partial charge is 0.378 e. The van der Waals surface area contributed by atoms with Crippen LogP contribution >= 0.6 is 11.8 Å². The fourth-order valence-corrected chi connectivity index (χ4v) is 3.71. The Morgan fingerprint density at radius 3 is 2.77 bits per heavy atom. The minimum atomic E-state index is -1.96. The monoisotopic (exact) mass is 317 g/mol. The highest BCUT2D eigenvalue weighted by atomic mass is 32.2. The Kier molecular flexibility index (Phi) is 3.34. The van der Waals surface area contributed by atoms with Crippen LogP contribution in [-0.2, 0) is 15.2 Å². The second-order valence-corrected chi connectivity index (χ2v) is 6.54. The summed E-state index contributed by atoms with van der Waals surface area (Å²) in [6, 6.07) is 6.88. The summed E-state index contributed by atoms with van der Waals surface area (Å²) in [6.45, 7) is 5.88. The van der Waals surface area contributed by atoms with E-state index in [2.05, 4.69) is 11.6 Å². The number of aliphatic imine (C=N–C) groups is 1. The third kappa shape index (κ3) is 1.97. The number of anilines is 1. The fourth-order valence-electron chi connectivity index (χ4n) is 2.77. The van der Waals surface area contributed by atoms with Crippen LogP contribution in [-0.4, -0.2) is 33.9 Å². The quantitative estimate of drug-likeness (QED) is 0.802. The summed E-state index contributed by atoms with van der Waals surface area (Å²) in [5.74, 6) is -1.14. The Balaban J connectivity index is 2.11. The molecule has 0 radical (unpaired) electrons. The van der Waals surface area contributed by atoms with Crippen molar-refractivity contribution in [2.45, 2.75) is 17.8 Å². The van der Waals surface area contributed by atoms with Crippen LogP contribution in [0.5, 0.6) is 0 Å². The molecule has 0 saturated heterocycles. The van der Waals surface area contributed by atoms with Crippen molar-refractivity contribution in [2.75, 3.05) is 11.4 Å². The first-order chi connectivity index (χ1) is 10.4. The maximum atomic E-state index is 12.8. The number of para-hydroxylation sites is 1. The number of nitrogens with two attached hydrogens (primary N) is 1. The van der Waals surface area contributed by atoms with E-state index in [9.17, 15) is 14.7 Å². The summed E-state index contributed by atoms with van der Waals surface area (Å²) in [6.07, 6.45) is 0. The van der Waals surface area contributed by atoms with Crippen molar-refractivity contribution in [2.24, 2.45) is 10.7 Å². The van der Waals surface area contributed by atoms with Gasteiger partial charge in [-0.25, -0.2) is 0 Å². The van der Waals surface area contributed by atoms with Crippen molar-refractivity contribution in [3.63, 3.8) is 0 Å². The molecule has 1 aromatic carbocycles. The first-order valence-electron chi connectivity index (χ1n) is 6.68. The van der Waals surface area contributed by atoms with Crippen LogP contribution < -0.4 is 10.6 Å². The van der Waals surface area contributed by atoms with Gasteiger partial charge in [-0.3, -0.25) is 9.59 Å². The Morgan fingerprint density at radius 2 is 2.18 bits per heavy atom. The molecule has 1 aromatic rings. The number of carbonyl (C=O) groups is 2. The van der Waals surface area contributed by atoms with Gasteiger partial charge in [-0.05, 0) is 13.0 Å². The zero-order valence-corrected chi connectivity index (χ0v) is 12.8. The molecule has 7 heteroatoms. The standard InChI is InChI=1S/C15H15N3O3S/c1-8(2)7-18-10-6-4-3-5-9(10)15(21,13(18)20)11-12(19)17-14(16)22-11/h3-6,11,21H,1,7H2,2H3,(H2,16,17,19)/t11-,15+/m0/s1. The highest BCUT2D eigenvalue weighted by molar-refractivity contribution is 8.15. The van der Waals surface area contributed by atoms with Crippen molar-refractivity contribution in [1.82, 2.24) is 0 Å². The Morgan fingerprint density at radius 1 is 1.50 bits per heavy atom. The molecule has 0 spiro atoms. The molecular weight excluding hydrogens is 302 g/mol. The third-order valence-electron chi connectivity index (χ3n) is 3.67. The number of amides is 2. The van der Waals surface area contributed by atoms with Gasteiger partial charge in [0.15, 0.2) is 10.8 Å². The molecule has 0 bridgehead atoms. The lowest BCUT2D eigenvalue weighted by Crippen LogP contribution is -2.49. The highest BCUT2D eigenvalue weighted by Gasteiger charge is 2.59. The number of amidine groups is 1. The molecule has 0 unspecified atom stereocenters. The molecule has 2 aliphatic rings. The smallest absolute Gasteiger partial charge is 0.265 e. The van der Waals surface area contributed by atoms with Crippen LogP contribution in [0.15, 0.2) is 41.4 Å². The van der Waals surface area contributed by atoms with Gasteiger partial charge >= 0.3 is 0 Å². The molecule has 2 aliphatic heterocycles. The van der Waals surface area contributed by atoms with Gasteiger partial charge in [-0.15, -0.1) is 0 Å². The first-order valence-corrected chi connectivity index (χ1v) is 7.56. The number of rotatable bonds is 3. The van der Waals surface area contributed by atoms with Crippen LogP contribution in [0.2, 0.25) is 0 Å². The van der Waals surface area contributed by atoms with Crippen LogP contribution in [0.4, 0.5) is 5.69 Å². The van der Waals surface area contributed by atoms with Gasteiger partial charge in [-0.2, -0.15) is 4.99 Å². The van der Waals surface area contributed by atoms with Crippen molar-refractivity contribution in [3.8, 4) is 0 Å². The number of aliphatic hydroxyl groups is 1. The normalized spacial score (nSPS) is 27.1. The zero-order valence-electron chi connectivity index (χ0n) is 11.9. The number of nitrogens with zero attached hydrogens (tertiary/aromatic N) is 2. The Labute approximate surface area is 131 Å². The molecule has 0 fully saturated rings. The van der Waals surface area contributed by atoms with E-state index in [-0.39, 0.29) is 11.7 Å². The summed E-state index contributed by atoms with van der Waals surface area (Å²) < 4.78 is 0. The summed E-state index contributed by atoms with van der Waals surface area (Å²) in [4.78, 5) is 29.9. The van der Waals surface area contributed by atoms with Crippen LogP contribution in [0, 0.1) is 0 Å². The predicted molar refractivity (Wildman–Crippen MR) is 85.5 cm³/mol. The second kappa shape index (κ2) is 4.96. The van der Waals surface area contributed by atoms with Crippen LogP contribution in [0.25, 0.3) is 0 Å². The lowest BCUT2D eigenvalue weighted by Gasteiger charge is -2.26. The fraction of sp³-hybridized carbons (Fsp3) is 0.267. The van der Waals surface area contributed by atoms with Crippen molar-refractivity contribution < 1.29 is 14.7 Å². The van der Waals surface area contributed by atoms with E-state index in [1.165, 1.54) is 4.90 Å². The van der Waals surface area contributed by atoms with E-state index in [1.807, 2.05) is 0 Å². The average molecular weight is 317 g/mol. The molecule has 2 heterocycles. The van der Waals surface area contributed by atoms with E-state index < -0.39 is 22.7 Å². The molecule has 0 saturated carbocycles. The molecule has 6 nitrogen and oxygen atoms in total. The Bertz CT molecular complexity index is 730. The molecule has 2 amide bonds. The van der Waals surface area contributed by atoms with Crippen LogP contribution in [0.3, 0.4) is 0 Å². The Hall–Kier alpha value is -2.12. The number of hydrogen-bond acceptors (Lipinski definition) is 5. The minimum Gasteiger partial charge on any atom is -0.378 e. The summed E-state index contributed by atoms with van der Waals surface area (Å²) in [5.41, 5.74) is 5.36. The van der Waals surface area contributed by atoms with Gasteiger partial charge in [0.2, 0.25) is 0 Å². The number of fused-ring (bicyclic) bond motifs is 1. The summed E-state index contributed by atoms with van der Waals surface area (Å²) >= 11 is 0.916. The number of benzene rings is 1. The van der Waals surface area contributed by atoms with E-state index >= 15 is 0 Å². The summed E-state index contributed by atoms with van der Waals surface area (Å²) in [5, 5.41) is 10.1. The number of thioether (sulfide) groups is 1. The predicted octanol–water partition coefficient (Wildman–Crippen LogP) is 0.754. The van der Waals surface area contributed by atoms with Gasteiger partial charge in [0.05, 0.1) is 5.69 Å². The first kappa shape index (κ1) is 14.8. The van der Waals surface area contributed by atoms with E-state index in [0.717, 1.165) is 17.3 Å². The van der Waals surface area contributed by atoms with Gasteiger partial charge < -0.3 is 15.7 Å². The van der Waals surface area contributed by atoms with Gasteiger partial charge in [0, 0.05) is 12.1 Å². The molecule has 3 N–H and O–H groups in total. The van der Waals surface area contributed by atoms with Gasteiger partial charge in [-0.1, -0.05) is 42.1 Å². The molecule has 2 atom stereocenters. The van der Waals surface area contributed by atoms with Crippen molar-refractivity contribution in [3.05, 3.63) is 42.0 Å². The zero-order chi connectivity index (χ0) is 16.1. The molecular formula is C15H15N3O3S. The number of hydrogen-bond donors (Lipinski definition) is 2. The van der Waals surface area contributed by atoms with E-state index in [4.69, 9.17) is 5.73 Å². The SMILES string of the molecule is C=C(C)CN1C(=O)[C@](O)([C@H]2SC(N)=NC2=O)c2ccccc21. The van der Waals surface area contributed by atoms with Crippen molar-refractivity contribution >= 4 is 34.4 Å². The highest BCUT2D eigenvalue weighted by Crippen LogP contribution is 2.47. The van der Waals surface area contributed by atoms with Crippen LogP contribution in [0.1, 0.15) is 12.5 Å². The summed E-state index contributed by atoms with van der Waals surface area (Å²) in [7, 11) is 0. The number of carbonyl (C=O) groups excluding carboxylic acids is 2. The average Bonchev–Trinajstić information content (AvgIpc) is 2.91. The molecule has 0 aromatic heterocycles. The van der Waals surface area contributed by atoms with E-state index in [0.29, 0.717) is 11.3 Å². The van der Waals surface area contributed by atoms with Crippen molar-refractivity contribution in [1.29, 1.82) is 0 Å².